The van der Waals surface area contributed by atoms with Crippen molar-refractivity contribution in [3.05, 3.63) is 0 Å². The summed E-state index contributed by atoms with van der Waals surface area (Å²) in [5, 5.41) is 0. The molecule has 11 heteroatoms. The Morgan fingerprint density at radius 2 is 1.73 bits per heavy atom. The van der Waals surface area contributed by atoms with Crippen molar-refractivity contribution in [1.29, 1.82) is 0 Å². The molecule has 0 rings (SSSR count). The molecule has 0 spiro atoms. The third-order valence-electron chi connectivity index (χ3n) is 1.06. The molecule has 0 aliphatic rings. The average molecular weight is 271 g/mol. The van der Waals surface area contributed by atoms with Gasteiger partial charge in [-0.1, -0.05) is 0 Å². The fourth-order valence-electron chi connectivity index (χ4n) is 0.456. The summed E-state index contributed by atoms with van der Waals surface area (Å²) in [5.41, 5.74) is 0. The van der Waals surface area contributed by atoms with Crippen molar-refractivity contribution < 1.29 is 39.0 Å². The zero-order chi connectivity index (χ0) is 12.3. The van der Waals surface area contributed by atoms with Crippen LogP contribution in [0.1, 0.15) is 0 Å². The number of rotatable bonds is 5. The Morgan fingerprint density at radius 1 is 1.27 bits per heavy atom. The maximum atomic E-state index is 12.1. The Hall–Kier alpha value is -0.280. The summed E-state index contributed by atoms with van der Waals surface area (Å²) in [4.78, 5) is 0. The number of alkyl halides is 3. The summed E-state index contributed by atoms with van der Waals surface area (Å²) in [6, 6.07) is 0. The molecule has 0 amide bonds. The first-order valence-corrected chi connectivity index (χ1v) is 5.78. The molecule has 0 radical (unpaired) electrons. The van der Waals surface area contributed by atoms with Crippen molar-refractivity contribution in [2.45, 2.75) is 12.0 Å². The van der Waals surface area contributed by atoms with Crippen LogP contribution in [0.4, 0.5) is 13.2 Å². The zero-order valence-electron chi connectivity index (χ0n) is 7.52. The van der Waals surface area contributed by atoms with Crippen molar-refractivity contribution in [2.24, 2.45) is 0 Å². The van der Waals surface area contributed by atoms with Gasteiger partial charge in [0.1, 0.15) is 0 Å². The van der Waals surface area contributed by atoms with E-state index in [2.05, 4.69) is 12.9 Å². The van der Waals surface area contributed by atoms with E-state index in [0.29, 0.717) is 7.11 Å². The monoisotopic (exact) mass is 271 g/mol. The van der Waals surface area contributed by atoms with Crippen LogP contribution in [0.5, 0.6) is 0 Å². The van der Waals surface area contributed by atoms with Gasteiger partial charge in [0.05, 0.1) is 14.2 Å². The van der Waals surface area contributed by atoms with Crippen molar-refractivity contribution >= 4 is 18.4 Å². The van der Waals surface area contributed by atoms with Gasteiger partial charge < -0.3 is 0 Å². The van der Waals surface area contributed by atoms with Gasteiger partial charge in [0.15, 0.2) is 0 Å². The molecule has 0 aromatic carbocycles. The molecule has 0 fully saturated rings. The standard InChI is InChI=1S/C4H7F3O6PS/c1-11-14(8)3(4(5,6)7)13-15(9,10)12-2/h3H,1-2H3/q+1. The molecule has 0 aromatic heterocycles. The second-order valence-electron chi connectivity index (χ2n) is 2.03. The molecule has 2 unspecified atom stereocenters. The summed E-state index contributed by atoms with van der Waals surface area (Å²) >= 11 is 0. The highest BCUT2D eigenvalue weighted by molar-refractivity contribution is 7.82. The van der Waals surface area contributed by atoms with Crippen LogP contribution in [0.15, 0.2) is 0 Å². The quantitative estimate of drug-likeness (QED) is 0.698. The normalized spacial score (nSPS) is 16.2. The van der Waals surface area contributed by atoms with E-state index in [1.807, 2.05) is 0 Å². The molecular formula is C4H7F3O6PS+. The molecule has 90 valence electrons. The summed E-state index contributed by atoms with van der Waals surface area (Å²) in [5.74, 6) is -3.08. The van der Waals surface area contributed by atoms with E-state index in [9.17, 15) is 26.2 Å². The van der Waals surface area contributed by atoms with Crippen molar-refractivity contribution in [1.82, 2.24) is 0 Å². The van der Waals surface area contributed by atoms with Crippen LogP contribution in [-0.2, 0) is 27.9 Å². The van der Waals surface area contributed by atoms with Gasteiger partial charge in [-0.05, 0) is 4.57 Å². The molecule has 0 aromatic rings. The molecule has 0 bridgehead atoms. The molecule has 0 heterocycles. The van der Waals surface area contributed by atoms with E-state index in [-0.39, 0.29) is 0 Å². The summed E-state index contributed by atoms with van der Waals surface area (Å²) in [6.07, 6.45) is -5.14. The van der Waals surface area contributed by atoms with E-state index in [4.69, 9.17) is 0 Å². The molecule has 15 heavy (non-hydrogen) atoms. The van der Waals surface area contributed by atoms with Gasteiger partial charge >= 0.3 is 30.4 Å². The summed E-state index contributed by atoms with van der Waals surface area (Å²) < 4.78 is 79.2. The fourth-order valence-corrected chi connectivity index (χ4v) is 1.89. The first-order chi connectivity index (χ1) is 6.64. The molecule has 0 N–H and O–H groups in total. The Morgan fingerprint density at radius 3 is 2.00 bits per heavy atom. The molecule has 2 atom stereocenters. The third-order valence-corrected chi connectivity index (χ3v) is 3.18. The van der Waals surface area contributed by atoms with Gasteiger partial charge in [-0.2, -0.15) is 25.8 Å². The van der Waals surface area contributed by atoms with Gasteiger partial charge in [0, 0.05) is 0 Å². The van der Waals surface area contributed by atoms with Gasteiger partial charge in [-0.25, -0.2) is 0 Å². The van der Waals surface area contributed by atoms with Gasteiger partial charge in [-0.3, -0.25) is 4.18 Å². The van der Waals surface area contributed by atoms with Crippen LogP contribution in [0, 0.1) is 0 Å². The maximum absolute atomic E-state index is 12.1. The van der Waals surface area contributed by atoms with Crippen molar-refractivity contribution in [3.8, 4) is 0 Å². The van der Waals surface area contributed by atoms with E-state index < -0.39 is 30.4 Å². The van der Waals surface area contributed by atoms with Crippen molar-refractivity contribution in [2.75, 3.05) is 14.2 Å². The minimum absolute atomic E-state index is 0.600. The highest BCUT2D eigenvalue weighted by Gasteiger charge is 2.59. The van der Waals surface area contributed by atoms with Crippen LogP contribution in [0.25, 0.3) is 0 Å². The highest BCUT2D eigenvalue weighted by Crippen LogP contribution is 2.41. The fraction of sp³-hybridized carbons (Fsp3) is 1.00. The predicted octanol–water partition coefficient (Wildman–Crippen LogP) is 1.17. The lowest BCUT2D eigenvalue weighted by Gasteiger charge is -2.09. The van der Waals surface area contributed by atoms with Crippen molar-refractivity contribution in [3.63, 3.8) is 0 Å². The Labute approximate surface area is 84.5 Å². The van der Waals surface area contributed by atoms with Gasteiger partial charge in [0.25, 0.3) is 0 Å². The minimum atomic E-state index is -5.14. The number of halogens is 3. The Balaban J connectivity index is 4.92. The minimum Gasteiger partial charge on any atom is -0.251 e. The molecule has 0 saturated heterocycles. The van der Waals surface area contributed by atoms with Crippen LogP contribution in [0.3, 0.4) is 0 Å². The summed E-state index contributed by atoms with van der Waals surface area (Å²) in [6.45, 7) is 0. The largest absolute Gasteiger partial charge is 0.551 e. The smallest absolute Gasteiger partial charge is 0.251 e. The Kier molecular flexibility index (Phi) is 5.07. The van der Waals surface area contributed by atoms with Gasteiger partial charge in [-0.15, -0.1) is 4.52 Å². The number of hydrogen-bond acceptors (Lipinski definition) is 6. The van der Waals surface area contributed by atoms with E-state index >= 15 is 0 Å². The highest BCUT2D eigenvalue weighted by atomic mass is 32.3. The molecular weight excluding hydrogens is 264 g/mol. The van der Waals surface area contributed by atoms with Crippen LogP contribution >= 0.6 is 8.03 Å². The second kappa shape index (κ2) is 5.17. The third kappa shape index (κ3) is 4.85. The molecule has 6 nitrogen and oxygen atoms in total. The SMILES string of the molecule is CO[P+](=O)C(OS(=O)(=O)OC)C(F)(F)F. The molecule has 0 aliphatic heterocycles. The average Bonchev–Trinajstić information content (AvgIpc) is 2.11. The lowest BCUT2D eigenvalue weighted by Crippen LogP contribution is -2.31. The predicted molar refractivity (Wildman–Crippen MR) is 41.5 cm³/mol. The van der Waals surface area contributed by atoms with E-state index in [1.165, 1.54) is 0 Å². The lowest BCUT2D eigenvalue weighted by atomic mass is 10.7. The van der Waals surface area contributed by atoms with Crippen LogP contribution in [0.2, 0.25) is 0 Å². The Bertz CT molecular complexity index is 324. The lowest BCUT2D eigenvalue weighted by molar-refractivity contribution is -0.171. The zero-order valence-corrected chi connectivity index (χ0v) is 9.23. The number of hydrogen-bond donors (Lipinski definition) is 0. The van der Waals surface area contributed by atoms with Gasteiger partial charge in [0.2, 0.25) is 0 Å². The second-order valence-corrected chi connectivity index (χ2v) is 4.78. The van der Waals surface area contributed by atoms with E-state index in [1.54, 1.807) is 0 Å². The topological polar surface area (TPSA) is 78.9 Å². The van der Waals surface area contributed by atoms with Crippen LogP contribution < -0.4 is 0 Å². The van der Waals surface area contributed by atoms with E-state index in [0.717, 1.165) is 7.11 Å². The first-order valence-electron chi connectivity index (χ1n) is 3.20. The summed E-state index contributed by atoms with van der Waals surface area (Å²) in [7, 11) is -6.87. The van der Waals surface area contributed by atoms with Crippen LogP contribution in [-0.4, -0.2) is 34.7 Å². The maximum Gasteiger partial charge on any atom is 0.551 e. The molecule has 0 aliphatic carbocycles. The first kappa shape index (κ1) is 14.7. The molecule has 0 saturated carbocycles.